The molecule has 0 amide bonds. The van der Waals surface area contributed by atoms with Crippen LogP contribution in [0.4, 0.5) is 0 Å². The summed E-state index contributed by atoms with van der Waals surface area (Å²) in [6, 6.07) is 2.03. The van der Waals surface area contributed by atoms with E-state index in [0.29, 0.717) is 25.6 Å². The quantitative estimate of drug-likeness (QED) is 0.813. The summed E-state index contributed by atoms with van der Waals surface area (Å²) in [6.07, 6.45) is 5.55. The first kappa shape index (κ1) is 18.8. The van der Waals surface area contributed by atoms with Crippen LogP contribution in [0.3, 0.4) is 0 Å². The highest BCUT2D eigenvalue weighted by molar-refractivity contribution is 7.89. The number of sulfonamides is 1. The summed E-state index contributed by atoms with van der Waals surface area (Å²) in [6.45, 7) is 1.58. The van der Waals surface area contributed by atoms with Crippen molar-refractivity contribution in [3.63, 3.8) is 0 Å². The monoisotopic (exact) mass is 371 g/mol. The van der Waals surface area contributed by atoms with Crippen molar-refractivity contribution in [2.75, 3.05) is 32.9 Å². The molecular weight excluding hydrogens is 342 g/mol. The summed E-state index contributed by atoms with van der Waals surface area (Å²) in [7, 11) is -0.263. The van der Waals surface area contributed by atoms with Gasteiger partial charge in [0.2, 0.25) is 10.0 Å². The Labute approximate surface area is 150 Å². The standard InChI is InChI=1S/C17H29N3O4S/c1-19(2)25(22,23)12-14-9-20(11-17(14)21)10-15-8-16(18-24-15)13-6-4-3-5-7-13/h8,13-14,17,21H,3-7,9-12H2,1-2H3/t14-,17-/m0/s1. The maximum absolute atomic E-state index is 12.0. The van der Waals surface area contributed by atoms with Gasteiger partial charge in [-0.05, 0) is 12.8 Å². The van der Waals surface area contributed by atoms with Gasteiger partial charge < -0.3 is 9.63 Å². The van der Waals surface area contributed by atoms with Gasteiger partial charge in [-0.15, -0.1) is 0 Å². The van der Waals surface area contributed by atoms with E-state index in [-0.39, 0.29) is 11.7 Å². The molecule has 2 heterocycles. The number of rotatable bonds is 6. The summed E-state index contributed by atoms with van der Waals surface area (Å²) in [5.41, 5.74) is 1.04. The molecule has 0 spiro atoms. The Morgan fingerprint density at radius 1 is 1.28 bits per heavy atom. The van der Waals surface area contributed by atoms with Crippen molar-refractivity contribution in [1.82, 2.24) is 14.4 Å². The fourth-order valence-corrected chi connectivity index (χ4v) is 5.04. The van der Waals surface area contributed by atoms with Gasteiger partial charge in [0.05, 0.1) is 24.1 Å². The number of aliphatic hydroxyl groups excluding tert-OH is 1. The van der Waals surface area contributed by atoms with E-state index >= 15 is 0 Å². The van der Waals surface area contributed by atoms with Crippen LogP contribution >= 0.6 is 0 Å². The number of nitrogens with zero attached hydrogens (tertiary/aromatic N) is 3. The molecule has 0 radical (unpaired) electrons. The third-order valence-corrected chi connectivity index (χ3v) is 7.41. The maximum Gasteiger partial charge on any atom is 0.214 e. The lowest BCUT2D eigenvalue weighted by molar-refractivity contribution is 0.146. The third-order valence-electron chi connectivity index (χ3n) is 5.44. The number of likely N-dealkylation sites (tertiary alicyclic amines) is 1. The lowest BCUT2D eigenvalue weighted by Crippen LogP contribution is -2.33. The van der Waals surface area contributed by atoms with Gasteiger partial charge in [-0.3, -0.25) is 4.90 Å². The van der Waals surface area contributed by atoms with Crippen molar-refractivity contribution >= 4 is 10.0 Å². The second kappa shape index (κ2) is 7.73. The Morgan fingerprint density at radius 2 is 2.00 bits per heavy atom. The number of aliphatic hydroxyl groups is 1. The number of aromatic nitrogens is 1. The van der Waals surface area contributed by atoms with Crippen LogP contribution in [-0.2, 0) is 16.6 Å². The average molecular weight is 372 g/mol. The molecule has 2 fully saturated rings. The van der Waals surface area contributed by atoms with Crippen molar-refractivity contribution in [1.29, 1.82) is 0 Å². The zero-order chi connectivity index (χ0) is 18.0. The van der Waals surface area contributed by atoms with Gasteiger partial charge in [0.15, 0.2) is 5.76 Å². The van der Waals surface area contributed by atoms with E-state index in [1.165, 1.54) is 50.5 Å². The van der Waals surface area contributed by atoms with Crippen molar-refractivity contribution in [3.8, 4) is 0 Å². The molecule has 8 heteroatoms. The van der Waals surface area contributed by atoms with Crippen LogP contribution in [0.5, 0.6) is 0 Å². The molecule has 0 unspecified atom stereocenters. The molecule has 1 aromatic rings. The van der Waals surface area contributed by atoms with Crippen LogP contribution in [0.25, 0.3) is 0 Å². The molecular formula is C17H29N3O4S. The smallest absolute Gasteiger partial charge is 0.214 e. The van der Waals surface area contributed by atoms with Crippen molar-refractivity contribution in [2.45, 2.75) is 50.7 Å². The van der Waals surface area contributed by atoms with Gasteiger partial charge in [0.1, 0.15) is 0 Å². The molecule has 3 rings (SSSR count). The summed E-state index contributed by atoms with van der Waals surface area (Å²) < 4.78 is 30.8. The lowest BCUT2D eigenvalue weighted by Gasteiger charge is -2.18. The Balaban J connectivity index is 1.56. The van der Waals surface area contributed by atoms with Crippen molar-refractivity contribution < 1.29 is 18.0 Å². The third kappa shape index (κ3) is 4.61. The average Bonchev–Trinajstić information content (AvgIpc) is 3.15. The van der Waals surface area contributed by atoms with E-state index < -0.39 is 16.1 Å². The van der Waals surface area contributed by atoms with Crippen LogP contribution in [0, 0.1) is 5.92 Å². The first-order chi connectivity index (χ1) is 11.8. The minimum atomic E-state index is -3.31. The second-order valence-electron chi connectivity index (χ2n) is 7.64. The van der Waals surface area contributed by atoms with E-state index in [2.05, 4.69) is 5.16 Å². The van der Waals surface area contributed by atoms with Gasteiger partial charge in [-0.2, -0.15) is 0 Å². The normalized spacial score (nSPS) is 26.6. The minimum Gasteiger partial charge on any atom is -0.391 e. The Morgan fingerprint density at radius 3 is 2.68 bits per heavy atom. The fourth-order valence-electron chi connectivity index (χ4n) is 3.87. The van der Waals surface area contributed by atoms with E-state index in [1.807, 2.05) is 11.0 Å². The van der Waals surface area contributed by atoms with Gasteiger partial charge in [-0.1, -0.05) is 24.4 Å². The van der Waals surface area contributed by atoms with Crippen LogP contribution in [0.1, 0.15) is 49.5 Å². The molecule has 142 valence electrons. The minimum absolute atomic E-state index is 0.0264. The zero-order valence-electron chi connectivity index (χ0n) is 15.1. The number of β-amino-alcohol motifs (C(OH)–C–C–N with tert-alkyl or cyclic N) is 1. The fraction of sp³-hybridized carbons (Fsp3) is 0.824. The van der Waals surface area contributed by atoms with Crippen LogP contribution in [0.15, 0.2) is 10.6 Å². The Kier molecular flexibility index (Phi) is 5.82. The van der Waals surface area contributed by atoms with E-state index in [1.54, 1.807) is 0 Å². The predicted octanol–water partition coefficient (Wildman–Crippen LogP) is 1.41. The highest BCUT2D eigenvalue weighted by Gasteiger charge is 2.35. The summed E-state index contributed by atoms with van der Waals surface area (Å²) in [5, 5.41) is 14.5. The largest absolute Gasteiger partial charge is 0.391 e. The molecule has 0 bridgehead atoms. The molecule has 1 aliphatic carbocycles. The summed E-state index contributed by atoms with van der Waals surface area (Å²) >= 11 is 0. The van der Waals surface area contributed by atoms with Gasteiger partial charge in [-0.25, -0.2) is 12.7 Å². The molecule has 7 nitrogen and oxygen atoms in total. The molecule has 1 aromatic heterocycles. The Hall–Kier alpha value is -0.960. The number of hydrogen-bond acceptors (Lipinski definition) is 6. The first-order valence-corrected chi connectivity index (χ1v) is 10.7. The topological polar surface area (TPSA) is 86.9 Å². The summed E-state index contributed by atoms with van der Waals surface area (Å²) in [4.78, 5) is 2.05. The molecule has 25 heavy (non-hydrogen) atoms. The van der Waals surface area contributed by atoms with Crippen LogP contribution < -0.4 is 0 Å². The molecule has 2 atom stereocenters. The van der Waals surface area contributed by atoms with Gasteiger partial charge >= 0.3 is 0 Å². The molecule has 1 saturated heterocycles. The van der Waals surface area contributed by atoms with Gasteiger partial charge in [0.25, 0.3) is 0 Å². The SMILES string of the molecule is CN(C)S(=O)(=O)C[C@@H]1CN(Cc2cc(C3CCCCC3)no2)C[C@@H]1O. The molecule has 1 saturated carbocycles. The van der Waals surface area contributed by atoms with Crippen LogP contribution in [0.2, 0.25) is 0 Å². The molecule has 1 N–H and O–H groups in total. The zero-order valence-corrected chi connectivity index (χ0v) is 15.9. The Bertz CT molecular complexity index is 667. The molecule has 0 aromatic carbocycles. The van der Waals surface area contributed by atoms with Crippen molar-refractivity contribution in [2.24, 2.45) is 5.92 Å². The van der Waals surface area contributed by atoms with Crippen LogP contribution in [-0.4, -0.2) is 66.9 Å². The maximum atomic E-state index is 12.0. The van der Waals surface area contributed by atoms with E-state index in [4.69, 9.17) is 4.52 Å². The summed E-state index contributed by atoms with van der Waals surface area (Å²) in [5.74, 6) is 1.01. The molecule has 1 aliphatic heterocycles. The van der Waals surface area contributed by atoms with Crippen molar-refractivity contribution in [3.05, 3.63) is 17.5 Å². The first-order valence-electron chi connectivity index (χ1n) is 9.11. The van der Waals surface area contributed by atoms with E-state index in [9.17, 15) is 13.5 Å². The highest BCUT2D eigenvalue weighted by Crippen LogP contribution is 2.32. The predicted molar refractivity (Wildman–Crippen MR) is 94.6 cm³/mol. The lowest BCUT2D eigenvalue weighted by atomic mass is 9.87. The highest BCUT2D eigenvalue weighted by atomic mass is 32.2. The van der Waals surface area contributed by atoms with E-state index in [0.717, 1.165) is 11.5 Å². The molecule has 2 aliphatic rings. The second-order valence-corrected chi connectivity index (χ2v) is 9.86. The van der Waals surface area contributed by atoms with Gasteiger partial charge in [0, 0.05) is 45.1 Å². The number of hydrogen-bond donors (Lipinski definition) is 1.